The lowest BCUT2D eigenvalue weighted by atomic mass is 9.92. The molecule has 19 heavy (non-hydrogen) atoms. The van der Waals surface area contributed by atoms with E-state index in [0.717, 1.165) is 25.9 Å². The quantitative estimate of drug-likeness (QED) is 0.828. The minimum atomic E-state index is 0.0923. The van der Waals surface area contributed by atoms with E-state index in [1.165, 1.54) is 0 Å². The summed E-state index contributed by atoms with van der Waals surface area (Å²) in [7, 11) is 0. The lowest BCUT2D eigenvalue weighted by Gasteiger charge is -2.21. The van der Waals surface area contributed by atoms with Crippen LogP contribution in [0.2, 0.25) is 0 Å². The molecule has 104 valence electrons. The number of hydrogen-bond acceptors (Lipinski definition) is 4. The van der Waals surface area contributed by atoms with E-state index in [1.807, 2.05) is 13.8 Å². The molecule has 0 amide bonds. The molecule has 2 rings (SSSR count). The number of rotatable bonds is 5. The van der Waals surface area contributed by atoms with Crippen molar-refractivity contribution in [2.75, 3.05) is 13.1 Å². The number of carbonyl (C=O) groups excluding carboxylic acids is 1. The number of pyridine rings is 1. The van der Waals surface area contributed by atoms with Crippen molar-refractivity contribution in [3.8, 4) is 5.75 Å². The van der Waals surface area contributed by atoms with Crippen molar-refractivity contribution in [3.63, 3.8) is 0 Å². The minimum Gasteiger partial charge on any atom is -0.489 e. The molecule has 1 aliphatic rings. The van der Waals surface area contributed by atoms with Gasteiger partial charge in [-0.05, 0) is 51.8 Å². The fraction of sp³-hybridized carbons (Fsp3) is 0.600. The molecular formula is C15H22N2O2. The summed E-state index contributed by atoms with van der Waals surface area (Å²) >= 11 is 0. The van der Waals surface area contributed by atoms with Crippen LogP contribution >= 0.6 is 0 Å². The number of ketones is 1. The van der Waals surface area contributed by atoms with Crippen LogP contribution in [0.5, 0.6) is 5.75 Å². The van der Waals surface area contributed by atoms with Gasteiger partial charge in [-0.2, -0.15) is 0 Å². The van der Waals surface area contributed by atoms with Gasteiger partial charge in [-0.1, -0.05) is 0 Å². The Kier molecular flexibility index (Phi) is 4.91. The molecule has 0 spiro atoms. The largest absolute Gasteiger partial charge is 0.489 e. The zero-order valence-corrected chi connectivity index (χ0v) is 11.7. The normalized spacial score (nSPS) is 19.4. The number of piperidine rings is 1. The van der Waals surface area contributed by atoms with Crippen molar-refractivity contribution in [2.45, 2.75) is 39.2 Å². The predicted octanol–water partition coefficient (Wildman–Crippen LogP) is 2.44. The zero-order chi connectivity index (χ0) is 13.7. The fourth-order valence-electron chi connectivity index (χ4n) is 2.39. The molecule has 1 aromatic rings. The Morgan fingerprint density at radius 2 is 2.37 bits per heavy atom. The van der Waals surface area contributed by atoms with E-state index in [9.17, 15) is 4.79 Å². The van der Waals surface area contributed by atoms with Gasteiger partial charge in [0.05, 0.1) is 12.3 Å². The molecule has 1 aromatic heterocycles. The number of hydrogen-bond donors (Lipinski definition) is 1. The molecule has 1 atom stereocenters. The summed E-state index contributed by atoms with van der Waals surface area (Å²) in [6.45, 7) is 5.94. The highest BCUT2D eigenvalue weighted by molar-refractivity contribution is 5.96. The van der Waals surface area contributed by atoms with Gasteiger partial charge in [0.1, 0.15) is 5.75 Å². The predicted molar refractivity (Wildman–Crippen MR) is 74.5 cm³/mol. The Labute approximate surface area is 114 Å². The molecule has 0 radical (unpaired) electrons. The van der Waals surface area contributed by atoms with Crippen molar-refractivity contribution in [1.29, 1.82) is 0 Å². The Morgan fingerprint density at radius 1 is 1.53 bits per heavy atom. The number of aromatic nitrogens is 1. The monoisotopic (exact) mass is 262 g/mol. The third-order valence-corrected chi connectivity index (χ3v) is 3.28. The van der Waals surface area contributed by atoms with Gasteiger partial charge in [-0.3, -0.25) is 9.78 Å². The average Bonchev–Trinajstić information content (AvgIpc) is 2.39. The van der Waals surface area contributed by atoms with Crippen LogP contribution in [0.1, 0.15) is 43.5 Å². The Hall–Kier alpha value is -1.42. The van der Waals surface area contributed by atoms with Crippen LogP contribution in [0.3, 0.4) is 0 Å². The van der Waals surface area contributed by atoms with Gasteiger partial charge in [-0.15, -0.1) is 0 Å². The maximum absolute atomic E-state index is 12.2. The number of nitrogens with one attached hydrogen (secondary N) is 1. The standard InChI is InChI=1S/C15H22N2O2/c1-11(2)19-14-7-13(9-17-10-14)15(18)6-12-4-3-5-16-8-12/h7,9-12,16H,3-6,8H2,1-2H3. The Balaban J connectivity index is 1.97. The van der Waals surface area contributed by atoms with Gasteiger partial charge in [-0.25, -0.2) is 0 Å². The molecule has 4 heteroatoms. The third kappa shape index (κ3) is 4.31. The summed E-state index contributed by atoms with van der Waals surface area (Å²) < 4.78 is 5.57. The number of carbonyl (C=O) groups is 1. The molecule has 1 saturated heterocycles. The molecule has 0 bridgehead atoms. The molecule has 0 aromatic carbocycles. The second-order valence-electron chi connectivity index (χ2n) is 5.42. The first kappa shape index (κ1) is 14.0. The SMILES string of the molecule is CC(C)Oc1cncc(C(=O)CC2CCCNC2)c1. The second-order valence-corrected chi connectivity index (χ2v) is 5.42. The summed E-state index contributed by atoms with van der Waals surface area (Å²) in [5.41, 5.74) is 0.656. The van der Waals surface area contributed by atoms with Crippen LogP contribution in [0.4, 0.5) is 0 Å². The van der Waals surface area contributed by atoms with Gasteiger partial charge < -0.3 is 10.1 Å². The molecule has 1 N–H and O–H groups in total. The van der Waals surface area contributed by atoms with E-state index in [4.69, 9.17) is 4.74 Å². The van der Waals surface area contributed by atoms with E-state index in [0.29, 0.717) is 23.7 Å². The Morgan fingerprint density at radius 3 is 3.05 bits per heavy atom. The van der Waals surface area contributed by atoms with Crippen LogP contribution in [0, 0.1) is 5.92 Å². The lowest BCUT2D eigenvalue weighted by molar-refractivity contribution is 0.0952. The van der Waals surface area contributed by atoms with Gasteiger partial charge in [0.25, 0.3) is 0 Å². The van der Waals surface area contributed by atoms with E-state index in [2.05, 4.69) is 10.3 Å². The van der Waals surface area contributed by atoms with E-state index in [-0.39, 0.29) is 11.9 Å². The van der Waals surface area contributed by atoms with Crippen LogP contribution in [0.15, 0.2) is 18.5 Å². The summed E-state index contributed by atoms with van der Waals surface area (Å²) in [4.78, 5) is 16.3. The zero-order valence-electron chi connectivity index (χ0n) is 11.7. The van der Waals surface area contributed by atoms with E-state index >= 15 is 0 Å². The van der Waals surface area contributed by atoms with Crippen molar-refractivity contribution < 1.29 is 9.53 Å². The molecule has 1 unspecified atom stereocenters. The summed E-state index contributed by atoms with van der Waals surface area (Å²) in [6, 6.07) is 1.80. The smallest absolute Gasteiger partial charge is 0.164 e. The van der Waals surface area contributed by atoms with Gasteiger partial charge in [0.2, 0.25) is 0 Å². The number of Topliss-reactive ketones (excluding diaryl/α,β-unsaturated/α-hetero) is 1. The van der Waals surface area contributed by atoms with Crippen LogP contribution < -0.4 is 10.1 Å². The average molecular weight is 262 g/mol. The first-order valence-electron chi connectivity index (χ1n) is 7.01. The maximum Gasteiger partial charge on any atom is 0.164 e. The highest BCUT2D eigenvalue weighted by Crippen LogP contribution is 2.19. The molecular weight excluding hydrogens is 240 g/mol. The maximum atomic E-state index is 12.2. The Bertz CT molecular complexity index is 426. The lowest BCUT2D eigenvalue weighted by Crippen LogP contribution is -2.31. The minimum absolute atomic E-state index is 0.0923. The van der Waals surface area contributed by atoms with Crippen molar-refractivity contribution >= 4 is 5.78 Å². The fourth-order valence-corrected chi connectivity index (χ4v) is 2.39. The molecule has 1 aliphatic heterocycles. The highest BCUT2D eigenvalue weighted by atomic mass is 16.5. The van der Waals surface area contributed by atoms with Crippen molar-refractivity contribution in [1.82, 2.24) is 10.3 Å². The van der Waals surface area contributed by atoms with Crippen LogP contribution in [-0.2, 0) is 0 Å². The summed E-state index contributed by atoms with van der Waals surface area (Å²) in [5.74, 6) is 1.29. The summed E-state index contributed by atoms with van der Waals surface area (Å²) in [6.07, 6.45) is 6.26. The molecule has 1 fully saturated rings. The van der Waals surface area contributed by atoms with Gasteiger partial charge >= 0.3 is 0 Å². The topological polar surface area (TPSA) is 51.2 Å². The van der Waals surface area contributed by atoms with Crippen LogP contribution in [-0.4, -0.2) is 30.0 Å². The molecule has 0 aliphatic carbocycles. The van der Waals surface area contributed by atoms with E-state index < -0.39 is 0 Å². The van der Waals surface area contributed by atoms with Gasteiger partial charge in [0.15, 0.2) is 5.78 Å². The highest BCUT2D eigenvalue weighted by Gasteiger charge is 2.18. The molecule has 2 heterocycles. The molecule has 4 nitrogen and oxygen atoms in total. The third-order valence-electron chi connectivity index (χ3n) is 3.28. The van der Waals surface area contributed by atoms with Crippen molar-refractivity contribution in [3.05, 3.63) is 24.0 Å². The number of nitrogens with zero attached hydrogens (tertiary/aromatic N) is 1. The van der Waals surface area contributed by atoms with Crippen molar-refractivity contribution in [2.24, 2.45) is 5.92 Å². The van der Waals surface area contributed by atoms with Gasteiger partial charge in [0, 0.05) is 18.2 Å². The molecule has 0 saturated carbocycles. The first-order valence-corrected chi connectivity index (χ1v) is 7.01. The number of ether oxygens (including phenoxy) is 1. The first-order chi connectivity index (χ1) is 9.15. The van der Waals surface area contributed by atoms with E-state index in [1.54, 1.807) is 18.5 Å². The summed E-state index contributed by atoms with van der Waals surface area (Å²) in [5, 5.41) is 3.34. The van der Waals surface area contributed by atoms with Crippen LogP contribution in [0.25, 0.3) is 0 Å². The second kappa shape index (κ2) is 6.66.